The fourth-order valence-electron chi connectivity index (χ4n) is 2.70. The Morgan fingerprint density at radius 2 is 1.52 bits per heavy atom. The minimum Gasteiger partial charge on any atom is -0.455 e. The van der Waals surface area contributed by atoms with Gasteiger partial charge in [0, 0.05) is 11.1 Å². The van der Waals surface area contributed by atoms with Crippen molar-refractivity contribution in [2.24, 2.45) is 0 Å². The van der Waals surface area contributed by atoms with Crippen LogP contribution in [0, 0.1) is 6.92 Å². The SMILES string of the molecule is Cc1ccccc1C(=O)c1cccc2c1Sc1ccccc1O2. The first kappa shape index (κ1) is 14.1. The van der Waals surface area contributed by atoms with Crippen molar-refractivity contribution in [1.82, 2.24) is 0 Å². The summed E-state index contributed by atoms with van der Waals surface area (Å²) in [6.45, 7) is 1.96. The van der Waals surface area contributed by atoms with Crippen LogP contribution in [0.4, 0.5) is 0 Å². The van der Waals surface area contributed by atoms with Crippen LogP contribution >= 0.6 is 11.8 Å². The number of hydrogen-bond donors (Lipinski definition) is 0. The predicted molar refractivity (Wildman–Crippen MR) is 91.7 cm³/mol. The topological polar surface area (TPSA) is 26.3 Å². The van der Waals surface area contributed by atoms with Gasteiger partial charge in [-0.05, 0) is 36.8 Å². The second kappa shape index (κ2) is 5.60. The molecule has 0 atom stereocenters. The molecule has 0 aromatic heterocycles. The highest BCUT2D eigenvalue weighted by Gasteiger charge is 2.24. The number of benzene rings is 3. The van der Waals surface area contributed by atoms with Crippen LogP contribution in [0.5, 0.6) is 11.5 Å². The fraction of sp³-hybridized carbons (Fsp3) is 0.0500. The molecule has 0 unspecified atom stereocenters. The second-order valence-corrected chi connectivity index (χ2v) is 6.48. The van der Waals surface area contributed by atoms with Gasteiger partial charge in [-0.1, -0.05) is 54.2 Å². The number of ether oxygens (including phenoxy) is 1. The Labute approximate surface area is 139 Å². The molecule has 1 aliphatic heterocycles. The first-order chi connectivity index (χ1) is 11.2. The molecule has 23 heavy (non-hydrogen) atoms. The van der Waals surface area contributed by atoms with E-state index >= 15 is 0 Å². The zero-order valence-corrected chi connectivity index (χ0v) is 13.4. The average molecular weight is 318 g/mol. The summed E-state index contributed by atoms with van der Waals surface area (Å²) in [4.78, 5) is 14.9. The first-order valence-electron chi connectivity index (χ1n) is 7.42. The normalized spacial score (nSPS) is 12.0. The standard InChI is InChI=1S/C20H14O2S/c1-13-7-2-3-8-14(13)19(21)15-9-6-11-17-20(15)23-18-12-5-4-10-16(18)22-17/h2-12H,1H3. The Balaban J connectivity index is 1.81. The highest BCUT2D eigenvalue weighted by Crippen LogP contribution is 2.48. The number of carbonyl (C=O) groups excluding carboxylic acids is 1. The lowest BCUT2D eigenvalue weighted by Gasteiger charge is -2.21. The predicted octanol–water partition coefficient (Wildman–Crippen LogP) is 5.48. The van der Waals surface area contributed by atoms with Crippen molar-refractivity contribution in [3.05, 3.63) is 83.4 Å². The van der Waals surface area contributed by atoms with E-state index in [-0.39, 0.29) is 5.78 Å². The minimum absolute atomic E-state index is 0.0374. The first-order valence-corrected chi connectivity index (χ1v) is 8.24. The van der Waals surface area contributed by atoms with Crippen molar-refractivity contribution < 1.29 is 9.53 Å². The fourth-order valence-corrected chi connectivity index (χ4v) is 3.76. The Kier molecular flexibility index (Phi) is 3.43. The Morgan fingerprint density at radius 1 is 0.826 bits per heavy atom. The van der Waals surface area contributed by atoms with E-state index in [9.17, 15) is 4.79 Å². The van der Waals surface area contributed by atoms with Crippen LogP contribution in [-0.2, 0) is 0 Å². The van der Waals surface area contributed by atoms with E-state index in [0.29, 0.717) is 5.56 Å². The molecule has 112 valence electrons. The van der Waals surface area contributed by atoms with E-state index < -0.39 is 0 Å². The van der Waals surface area contributed by atoms with E-state index in [1.807, 2.05) is 73.7 Å². The molecule has 3 aromatic rings. The molecular formula is C20H14O2S. The lowest BCUT2D eigenvalue weighted by molar-refractivity contribution is 0.103. The summed E-state index contributed by atoms with van der Waals surface area (Å²) in [5.74, 6) is 1.62. The van der Waals surface area contributed by atoms with Crippen LogP contribution < -0.4 is 4.74 Å². The highest BCUT2D eigenvalue weighted by molar-refractivity contribution is 7.99. The maximum Gasteiger partial charge on any atom is 0.194 e. The lowest BCUT2D eigenvalue weighted by Crippen LogP contribution is -2.07. The van der Waals surface area contributed by atoms with E-state index in [2.05, 4.69) is 0 Å². The van der Waals surface area contributed by atoms with Gasteiger partial charge in [0.05, 0.1) is 9.79 Å². The molecule has 0 spiro atoms. The van der Waals surface area contributed by atoms with Gasteiger partial charge in [-0.3, -0.25) is 4.79 Å². The van der Waals surface area contributed by atoms with Gasteiger partial charge in [-0.2, -0.15) is 0 Å². The number of carbonyl (C=O) groups is 1. The van der Waals surface area contributed by atoms with Gasteiger partial charge >= 0.3 is 0 Å². The summed E-state index contributed by atoms with van der Waals surface area (Å²) < 4.78 is 5.96. The third-order valence-corrected chi connectivity index (χ3v) is 5.08. The third kappa shape index (κ3) is 2.43. The molecule has 2 nitrogen and oxygen atoms in total. The summed E-state index contributed by atoms with van der Waals surface area (Å²) in [6.07, 6.45) is 0. The zero-order valence-electron chi connectivity index (χ0n) is 12.6. The molecule has 0 saturated heterocycles. The van der Waals surface area contributed by atoms with Crippen molar-refractivity contribution >= 4 is 17.5 Å². The summed E-state index contributed by atoms with van der Waals surface area (Å²) >= 11 is 1.59. The summed E-state index contributed by atoms with van der Waals surface area (Å²) in [6, 6.07) is 21.2. The molecule has 0 N–H and O–H groups in total. The molecule has 0 amide bonds. The van der Waals surface area contributed by atoms with Gasteiger partial charge in [-0.25, -0.2) is 0 Å². The van der Waals surface area contributed by atoms with E-state index in [0.717, 1.165) is 32.4 Å². The van der Waals surface area contributed by atoms with Gasteiger partial charge in [-0.15, -0.1) is 0 Å². The second-order valence-electron chi connectivity index (χ2n) is 5.43. The average Bonchev–Trinajstić information content (AvgIpc) is 2.59. The van der Waals surface area contributed by atoms with Crippen molar-refractivity contribution in [3.8, 4) is 11.5 Å². The van der Waals surface area contributed by atoms with Crippen molar-refractivity contribution in [2.45, 2.75) is 16.7 Å². The van der Waals surface area contributed by atoms with Crippen LogP contribution in [0.1, 0.15) is 21.5 Å². The lowest BCUT2D eigenvalue weighted by atomic mass is 9.99. The van der Waals surface area contributed by atoms with Crippen LogP contribution in [-0.4, -0.2) is 5.78 Å². The van der Waals surface area contributed by atoms with Crippen molar-refractivity contribution in [2.75, 3.05) is 0 Å². The minimum atomic E-state index is 0.0374. The molecule has 0 bridgehead atoms. The Bertz CT molecular complexity index is 915. The molecule has 3 aromatic carbocycles. The summed E-state index contributed by atoms with van der Waals surface area (Å²) in [5, 5.41) is 0. The zero-order chi connectivity index (χ0) is 15.8. The van der Waals surface area contributed by atoms with Crippen molar-refractivity contribution in [1.29, 1.82) is 0 Å². The summed E-state index contributed by atoms with van der Waals surface area (Å²) in [5.41, 5.74) is 2.41. The quantitative estimate of drug-likeness (QED) is 0.458. The van der Waals surface area contributed by atoms with E-state index in [1.165, 1.54) is 0 Å². The molecule has 1 aliphatic rings. The van der Waals surface area contributed by atoms with Gasteiger partial charge in [0.2, 0.25) is 0 Å². The largest absolute Gasteiger partial charge is 0.455 e. The van der Waals surface area contributed by atoms with Gasteiger partial charge in [0.15, 0.2) is 5.78 Å². The van der Waals surface area contributed by atoms with E-state index in [1.54, 1.807) is 11.8 Å². The molecule has 3 heteroatoms. The summed E-state index contributed by atoms with van der Waals surface area (Å²) in [7, 11) is 0. The van der Waals surface area contributed by atoms with Crippen LogP contribution in [0.25, 0.3) is 0 Å². The van der Waals surface area contributed by atoms with Crippen molar-refractivity contribution in [3.63, 3.8) is 0 Å². The molecule has 0 radical (unpaired) electrons. The monoisotopic (exact) mass is 318 g/mol. The number of hydrogen-bond acceptors (Lipinski definition) is 3. The maximum absolute atomic E-state index is 13.0. The number of para-hydroxylation sites is 1. The number of rotatable bonds is 2. The highest BCUT2D eigenvalue weighted by atomic mass is 32.2. The maximum atomic E-state index is 13.0. The molecule has 1 heterocycles. The Morgan fingerprint density at radius 3 is 2.39 bits per heavy atom. The molecular weight excluding hydrogens is 304 g/mol. The third-order valence-electron chi connectivity index (χ3n) is 3.89. The molecule has 4 rings (SSSR count). The van der Waals surface area contributed by atoms with Crippen LogP contribution in [0.2, 0.25) is 0 Å². The van der Waals surface area contributed by atoms with Crippen LogP contribution in [0.15, 0.2) is 76.5 Å². The van der Waals surface area contributed by atoms with Gasteiger partial charge in [0.1, 0.15) is 11.5 Å². The molecule has 0 fully saturated rings. The van der Waals surface area contributed by atoms with Crippen LogP contribution in [0.3, 0.4) is 0 Å². The Hall–Kier alpha value is -2.52. The number of aryl methyl sites for hydroxylation is 1. The van der Waals surface area contributed by atoms with E-state index in [4.69, 9.17) is 4.74 Å². The number of ketones is 1. The van der Waals surface area contributed by atoms with Gasteiger partial charge < -0.3 is 4.74 Å². The molecule has 0 saturated carbocycles. The number of fused-ring (bicyclic) bond motifs is 2. The molecule has 0 aliphatic carbocycles. The van der Waals surface area contributed by atoms with Gasteiger partial charge in [0.25, 0.3) is 0 Å². The smallest absolute Gasteiger partial charge is 0.194 e.